The summed E-state index contributed by atoms with van der Waals surface area (Å²) in [6.45, 7) is 1.94. The lowest BCUT2D eigenvalue weighted by Gasteiger charge is -2.23. The molecule has 29 heavy (non-hydrogen) atoms. The highest BCUT2D eigenvalue weighted by atomic mass is 35.5. The fraction of sp³-hybridized carbons (Fsp3) is 0.0952. The molecular weight excluding hydrogens is 415 g/mol. The fourth-order valence-electron chi connectivity index (χ4n) is 2.80. The first-order chi connectivity index (χ1) is 13.8. The highest BCUT2D eigenvalue weighted by Gasteiger charge is 2.24. The zero-order valence-electron chi connectivity index (χ0n) is 15.5. The number of hydrogen-bond acceptors (Lipinski definition) is 3. The molecule has 0 bridgehead atoms. The topological polar surface area (TPSA) is 66.5 Å². The highest BCUT2D eigenvalue weighted by Crippen LogP contribution is 2.25. The molecule has 0 radical (unpaired) electrons. The summed E-state index contributed by atoms with van der Waals surface area (Å²) in [5.41, 5.74) is 0.510. The second-order valence-electron chi connectivity index (χ2n) is 6.11. The van der Waals surface area contributed by atoms with Gasteiger partial charge in [0, 0.05) is 17.1 Å². The normalized spacial score (nSPS) is 11.1. The van der Waals surface area contributed by atoms with Crippen LogP contribution in [0.4, 0.5) is 15.8 Å². The number of hydrogen-bond donors (Lipinski definition) is 1. The Hall–Kier alpha value is -2.90. The quantitative estimate of drug-likeness (QED) is 0.599. The van der Waals surface area contributed by atoms with Crippen molar-refractivity contribution in [1.29, 1.82) is 0 Å². The molecule has 3 aromatic rings. The van der Waals surface area contributed by atoms with Gasteiger partial charge in [0.2, 0.25) is 0 Å². The summed E-state index contributed by atoms with van der Waals surface area (Å²) in [7, 11) is -3.89. The van der Waals surface area contributed by atoms with Crippen molar-refractivity contribution in [2.24, 2.45) is 0 Å². The van der Waals surface area contributed by atoms with Crippen LogP contribution >= 0.6 is 11.6 Å². The van der Waals surface area contributed by atoms with Gasteiger partial charge in [-0.05, 0) is 55.5 Å². The number of halogens is 2. The third kappa shape index (κ3) is 4.58. The van der Waals surface area contributed by atoms with Crippen LogP contribution in [-0.2, 0) is 10.0 Å². The summed E-state index contributed by atoms with van der Waals surface area (Å²) in [5.74, 6) is -1.29. The van der Waals surface area contributed by atoms with E-state index in [1.807, 2.05) is 0 Å². The van der Waals surface area contributed by atoms with E-state index in [4.69, 9.17) is 11.6 Å². The molecule has 0 saturated heterocycles. The number of carbonyl (C=O) groups excluding carboxylic acids is 1. The third-order valence-corrected chi connectivity index (χ3v) is 6.33. The van der Waals surface area contributed by atoms with Crippen LogP contribution in [0.5, 0.6) is 0 Å². The Labute approximate surface area is 173 Å². The number of amides is 1. The Balaban J connectivity index is 1.92. The first-order valence-electron chi connectivity index (χ1n) is 8.77. The molecule has 0 unspecified atom stereocenters. The van der Waals surface area contributed by atoms with Crippen LogP contribution in [0, 0.1) is 5.82 Å². The minimum atomic E-state index is -3.89. The van der Waals surface area contributed by atoms with E-state index in [1.54, 1.807) is 37.3 Å². The van der Waals surface area contributed by atoms with Crippen molar-refractivity contribution in [3.05, 3.63) is 89.2 Å². The standard InChI is InChI=1S/C21H18ClFN2O3S/c1-2-25(17-8-4-3-5-9-17)29(27,28)18-10-6-7-15(13-18)21(26)24-20-14-16(22)11-12-19(20)23/h3-14H,2H2,1H3,(H,24,26). The minimum absolute atomic E-state index is 0.0394. The van der Waals surface area contributed by atoms with E-state index in [-0.39, 0.29) is 27.7 Å². The van der Waals surface area contributed by atoms with Crippen LogP contribution in [0.15, 0.2) is 77.7 Å². The molecule has 0 atom stereocenters. The summed E-state index contributed by atoms with van der Waals surface area (Å²) >= 11 is 5.84. The first-order valence-corrected chi connectivity index (χ1v) is 10.6. The zero-order valence-corrected chi connectivity index (χ0v) is 17.0. The maximum Gasteiger partial charge on any atom is 0.264 e. The van der Waals surface area contributed by atoms with Crippen LogP contribution < -0.4 is 9.62 Å². The molecule has 3 aromatic carbocycles. The zero-order chi connectivity index (χ0) is 21.0. The predicted octanol–water partition coefficient (Wildman–Crippen LogP) is 4.95. The van der Waals surface area contributed by atoms with Gasteiger partial charge in [-0.3, -0.25) is 9.10 Å². The van der Waals surface area contributed by atoms with Crippen molar-refractivity contribution in [3.8, 4) is 0 Å². The third-order valence-electron chi connectivity index (χ3n) is 4.19. The van der Waals surface area contributed by atoms with E-state index in [9.17, 15) is 17.6 Å². The van der Waals surface area contributed by atoms with Crippen molar-refractivity contribution in [2.75, 3.05) is 16.2 Å². The number of nitrogens with zero attached hydrogens (tertiary/aromatic N) is 1. The van der Waals surface area contributed by atoms with E-state index >= 15 is 0 Å². The second kappa shape index (κ2) is 8.63. The Morgan fingerprint density at radius 3 is 2.45 bits per heavy atom. The van der Waals surface area contributed by atoms with Crippen LogP contribution in [0.3, 0.4) is 0 Å². The van der Waals surface area contributed by atoms with Gasteiger partial charge in [-0.2, -0.15) is 0 Å². The molecule has 8 heteroatoms. The molecule has 0 aliphatic carbocycles. The second-order valence-corrected chi connectivity index (χ2v) is 8.41. The van der Waals surface area contributed by atoms with Crippen molar-refractivity contribution in [2.45, 2.75) is 11.8 Å². The monoisotopic (exact) mass is 432 g/mol. The lowest BCUT2D eigenvalue weighted by atomic mass is 10.2. The van der Waals surface area contributed by atoms with Crippen LogP contribution in [0.25, 0.3) is 0 Å². The summed E-state index contributed by atoms with van der Waals surface area (Å²) < 4.78 is 41.4. The molecule has 0 aromatic heterocycles. The van der Waals surface area contributed by atoms with Crippen LogP contribution in [-0.4, -0.2) is 20.9 Å². The maximum absolute atomic E-state index is 13.9. The van der Waals surface area contributed by atoms with Gasteiger partial charge < -0.3 is 5.32 Å². The molecule has 1 amide bonds. The summed E-state index contributed by atoms with van der Waals surface area (Å²) in [6.07, 6.45) is 0. The number of sulfonamides is 1. The molecule has 0 aliphatic heterocycles. The van der Waals surface area contributed by atoms with E-state index in [1.165, 1.54) is 40.7 Å². The summed E-state index contributed by atoms with van der Waals surface area (Å²) in [6, 6.07) is 18.1. The lowest BCUT2D eigenvalue weighted by molar-refractivity contribution is 0.102. The van der Waals surface area contributed by atoms with Gasteiger partial charge >= 0.3 is 0 Å². The van der Waals surface area contributed by atoms with Gasteiger partial charge in [0.05, 0.1) is 16.3 Å². The van der Waals surface area contributed by atoms with Gasteiger partial charge in [0.25, 0.3) is 15.9 Å². The summed E-state index contributed by atoms with van der Waals surface area (Å²) in [4.78, 5) is 12.5. The molecule has 1 N–H and O–H groups in total. The Morgan fingerprint density at radius 1 is 1.03 bits per heavy atom. The number of para-hydroxylation sites is 1. The Morgan fingerprint density at radius 2 is 1.76 bits per heavy atom. The average molecular weight is 433 g/mol. The molecule has 0 saturated carbocycles. The number of benzene rings is 3. The highest BCUT2D eigenvalue weighted by molar-refractivity contribution is 7.92. The Bertz CT molecular complexity index is 1140. The van der Waals surface area contributed by atoms with Crippen molar-refractivity contribution >= 4 is 38.9 Å². The van der Waals surface area contributed by atoms with Crippen LogP contribution in [0.2, 0.25) is 5.02 Å². The van der Waals surface area contributed by atoms with Crippen molar-refractivity contribution in [3.63, 3.8) is 0 Å². The van der Waals surface area contributed by atoms with Gasteiger partial charge in [-0.15, -0.1) is 0 Å². The molecule has 0 fully saturated rings. The van der Waals surface area contributed by atoms with E-state index < -0.39 is 21.7 Å². The number of anilines is 2. The molecule has 5 nitrogen and oxygen atoms in total. The molecule has 0 spiro atoms. The lowest BCUT2D eigenvalue weighted by Crippen LogP contribution is -2.31. The van der Waals surface area contributed by atoms with Gasteiger partial charge in [-0.25, -0.2) is 12.8 Å². The van der Waals surface area contributed by atoms with Crippen molar-refractivity contribution in [1.82, 2.24) is 0 Å². The van der Waals surface area contributed by atoms with Crippen LogP contribution in [0.1, 0.15) is 17.3 Å². The minimum Gasteiger partial charge on any atom is -0.319 e. The smallest absolute Gasteiger partial charge is 0.264 e. The van der Waals surface area contributed by atoms with E-state index in [2.05, 4.69) is 5.32 Å². The number of rotatable bonds is 6. The predicted molar refractivity (Wildman–Crippen MR) is 112 cm³/mol. The largest absolute Gasteiger partial charge is 0.319 e. The van der Waals surface area contributed by atoms with Gasteiger partial charge in [0.1, 0.15) is 5.82 Å². The van der Waals surface area contributed by atoms with Gasteiger partial charge in [0.15, 0.2) is 0 Å². The SMILES string of the molecule is CCN(c1ccccc1)S(=O)(=O)c1cccc(C(=O)Nc2cc(Cl)ccc2F)c1. The fourth-order valence-corrected chi connectivity index (χ4v) is 4.49. The molecule has 0 heterocycles. The first kappa shape index (κ1) is 20.8. The molecule has 0 aliphatic rings. The number of carbonyl (C=O) groups is 1. The Kier molecular flexibility index (Phi) is 6.20. The summed E-state index contributed by atoms with van der Waals surface area (Å²) in [5, 5.41) is 2.68. The average Bonchev–Trinajstić information content (AvgIpc) is 2.72. The van der Waals surface area contributed by atoms with E-state index in [0.717, 1.165) is 6.07 Å². The maximum atomic E-state index is 13.9. The molecule has 150 valence electrons. The van der Waals surface area contributed by atoms with Gasteiger partial charge in [-0.1, -0.05) is 35.9 Å². The number of nitrogens with one attached hydrogen (secondary N) is 1. The molecule has 3 rings (SSSR count). The van der Waals surface area contributed by atoms with E-state index in [0.29, 0.717) is 5.69 Å². The molecular formula is C21H18ClFN2O3S. The van der Waals surface area contributed by atoms with Crippen molar-refractivity contribution < 1.29 is 17.6 Å².